The molecule has 0 aromatic rings. The lowest BCUT2D eigenvalue weighted by Crippen LogP contribution is -2.35. The van der Waals surface area contributed by atoms with Gasteiger partial charge in [0, 0.05) is 24.2 Å². The fourth-order valence-corrected chi connectivity index (χ4v) is 3.49. The van der Waals surface area contributed by atoms with E-state index in [0.717, 1.165) is 51.7 Å². The first-order chi connectivity index (χ1) is 10.0. The molecule has 0 amide bonds. The average Bonchev–Trinajstić information content (AvgIpc) is 2.50. The van der Waals surface area contributed by atoms with E-state index < -0.39 is 0 Å². The second-order valence-corrected chi connectivity index (χ2v) is 6.65. The molecule has 0 aliphatic heterocycles. The number of carbonyl (C=O) groups is 2. The topological polar surface area (TPSA) is 37.4 Å². The second-order valence-electron chi connectivity index (χ2n) is 6.65. The van der Waals surface area contributed by atoms with E-state index in [1.165, 1.54) is 0 Å². The lowest BCUT2D eigenvalue weighted by Gasteiger charge is -2.30. The third kappa shape index (κ3) is 5.54. The zero-order chi connectivity index (χ0) is 15.8. The van der Waals surface area contributed by atoms with Crippen molar-refractivity contribution in [3.8, 4) is 0 Å². The van der Waals surface area contributed by atoms with Gasteiger partial charge in [0.2, 0.25) is 0 Å². The SMILES string of the molecule is CCN(CC)CCCC(=O)C1CCCCC1C(=O)C(C)C. The van der Waals surface area contributed by atoms with Crippen LogP contribution in [0.2, 0.25) is 0 Å². The Kier molecular flexibility index (Phi) is 8.16. The molecule has 0 heterocycles. The number of carbonyl (C=O) groups excluding carboxylic acids is 2. The Morgan fingerprint density at radius 3 is 2.14 bits per heavy atom. The molecule has 0 spiro atoms. The van der Waals surface area contributed by atoms with Gasteiger partial charge in [-0.2, -0.15) is 0 Å². The molecule has 0 bridgehead atoms. The minimum absolute atomic E-state index is 0.000275. The van der Waals surface area contributed by atoms with Crippen LogP contribution in [0.4, 0.5) is 0 Å². The molecule has 0 aromatic heterocycles. The Labute approximate surface area is 130 Å². The van der Waals surface area contributed by atoms with Crippen LogP contribution in [0.25, 0.3) is 0 Å². The number of Topliss-reactive ketones (excluding diaryl/α,β-unsaturated/α-hetero) is 2. The van der Waals surface area contributed by atoms with E-state index in [1.807, 2.05) is 13.8 Å². The van der Waals surface area contributed by atoms with Crippen LogP contribution in [-0.2, 0) is 9.59 Å². The summed E-state index contributed by atoms with van der Waals surface area (Å²) in [4.78, 5) is 27.2. The van der Waals surface area contributed by atoms with Crippen LogP contribution in [0.5, 0.6) is 0 Å². The predicted molar refractivity (Wildman–Crippen MR) is 87.3 cm³/mol. The van der Waals surface area contributed by atoms with Crippen molar-refractivity contribution in [1.29, 1.82) is 0 Å². The van der Waals surface area contributed by atoms with Crippen LogP contribution in [0.3, 0.4) is 0 Å². The lowest BCUT2D eigenvalue weighted by molar-refractivity contribution is -0.136. The third-order valence-electron chi connectivity index (χ3n) is 4.91. The van der Waals surface area contributed by atoms with Gasteiger partial charge in [-0.15, -0.1) is 0 Å². The first kappa shape index (κ1) is 18.3. The van der Waals surface area contributed by atoms with Crippen molar-refractivity contribution in [2.45, 2.75) is 66.2 Å². The van der Waals surface area contributed by atoms with Crippen LogP contribution in [0.15, 0.2) is 0 Å². The number of ketones is 2. The molecule has 0 aromatic carbocycles. The van der Waals surface area contributed by atoms with Crippen LogP contribution in [0, 0.1) is 17.8 Å². The summed E-state index contributed by atoms with van der Waals surface area (Å²) in [5, 5.41) is 0. The van der Waals surface area contributed by atoms with E-state index in [-0.39, 0.29) is 17.8 Å². The van der Waals surface area contributed by atoms with Crippen LogP contribution < -0.4 is 0 Å². The van der Waals surface area contributed by atoms with Crippen molar-refractivity contribution in [2.24, 2.45) is 17.8 Å². The molecule has 2 atom stereocenters. The minimum Gasteiger partial charge on any atom is -0.304 e. The van der Waals surface area contributed by atoms with Gasteiger partial charge in [-0.1, -0.05) is 40.5 Å². The highest BCUT2D eigenvalue weighted by atomic mass is 16.1. The first-order valence-electron chi connectivity index (χ1n) is 8.80. The summed E-state index contributed by atoms with van der Waals surface area (Å²) in [6.45, 7) is 11.3. The maximum absolute atomic E-state index is 12.5. The molecule has 3 nitrogen and oxygen atoms in total. The monoisotopic (exact) mass is 295 g/mol. The summed E-state index contributed by atoms with van der Waals surface area (Å²) in [6, 6.07) is 0. The Morgan fingerprint density at radius 2 is 1.62 bits per heavy atom. The van der Waals surface area contributed by atoms with Crippen molar-refractivity contribution in [2.75, 3.05) is 19.6 Å². The van der Waals surface area contributed by atoms with Gasteiger partial charge in [0.05, 0.1) is 0 Å². The van der Waals surface area contributed by atoms with Gasteiger partial charge >= 0.3 is 0 Å². The zero-order valence-corrected chi connectivity index (χ0v) is 14.4. The quantitative estimate of drug-likeness (QED) is 0.651. The Hall–Kier alpha value is -0.700. The normalized spacial score (nSPS) is 22.8. The van der Waals surface area contributed by atoms with E-state index >= 15 is 0 Å². The van der Waals surface area contributed by atoms with Crippen LogP contribution in [-0.4, -0.2) is 36.1 Å². The number of nitrogens with zero attached hydrogens (tertiary/aromatic N) is 1. The van der Waals surface area contributed by atoms with E-state index in [4.69, 9.17) is 0 Å². The average molecular weight is 295 g/mol. The van der Waals surface area contributed by atoms with Gasteiger partial charge < -0.3 is 4.90 Å². The summed E-state index contributed by atoms with van der Waals surface area (Å²) in [5.41, 5.74) is 0. The highest BCUT2D eigenvalue weighted by Crippen LogP contribution is 2.34. The van der Waals surface area contributed by atoms with E-state index in [1.54, 1.807) is 0 Å². The van der Waals surface area contributed by atoms with E-state index in [0.29, 0.717) is 18.0 Å². The van der Waals surface area contributed by atoms with Crippen molar-refractivity contribution < 1.29 is 9.59 Å². The molecule has 1 fully saturated rings. The molecule has 0 N–H and O–H groups in total. The Morgan fingerprint density at radius 1 is 1.05 bits per heavy atom. The Balaban J connectivity index is 2.51. The van der Waals surface area contributed by atoms with E-state index in [2.05, 4.69) is 18.7 Å². The maximum Gasteiger partial charge on any atom is 0.139 e. The van der Waals surface area contributed by atoms with Crippen molar-refractivity contribution in [3.63, 3.8) is 0 Å². The number of hydrogen-bond donors (Lipinski definition) is 0. The standard InChI is InChI=1S/C18H33NO2/c1-5-19(6-2)13-9-12-17(20)15-10-7-8-11-16(15)18(21)14(3)4/h14-16H,5-13H2,1-4H3. The second kappa shape index (κ2) is 9.34. The molecule has 1 saturated carbocycles. The molecular formula is C18H33NO2. The third-order valence-corrected chi connectivity index (χ3v) is 4.91. The summed E-state index contributed by atoms with van der Waals surface area (Å²) >= 11 is 0. The molecule has 21 heavy (non-hydrogen) atoms. The molecule has 2 unspecified atom stereocenters. The van der Waals surface area contributed by atoms with Gasteiger partial charge in [-0.05, 0) is 38.9 Å². The minimum atomic E-state index is -0.000275. The Bertz CT molecular complexity index is 334. The molecule has 1 aliphatic carbocycles. The smallest absolute Gasteiger partial charge is 0.139 e. The maximum atomic E-state index is 12.5. The highest BCUT2D eigenvalue weighted by Gasteiger charge is 2.35. The van der Waals surface area contributed by atoms with Crippen molar-refractivity contribution in [3.05, 3.63) is 0 Å². The number of hydrogen-bond acceptors (Lipinski definition) is 3. The summed E-state index contributed by atoms with van der Waals surface area (Å²) in [7, 11) is 0. The summed E-state index contributed by atoms with van der Waals surface area (Å²) in [6.07, 6.45) is 5.63. The molecule has 0 saturated heterocycles. The van der Waals surface area contributed by atoms with Crippen LogP contribution in [0.1, 0.15) is 66.2 Å². The molecule has 1 rings (SSSR count). The largest absolute Gasteiger partial charge is 0.304 e. The van der Waals surface area contributed by atoms with Crippen molar-refractivity contribution in [1.82, 2.24) is 4.90 Å². The molecular weight excluding hydrogens is 262 g/mol. The zero-order valence-electron chi connectivity index (χ0n) is 14.4. The number of rotatable bonds is 9. The first-order valence-corrected chi connectivity index (χ1v) is 8.80. The lowest BCUT2D eigenvalue weighted by atomic mass is 9.72. The van der Waals surface area contributed by atoms with E-state index in [9.17, 15) is 9.59 Å². The van der Waals surface area contributed by atoms with Gasteiger partial charge in [-0.25, -0.2) is 0 Å². The fraction of sp³-hybridized carbons (Fsp3) is 0.889. The highest BCUT2D eigenvalue weighted by molar-refractivity contribution is 5.90. The molecule has 122 valence electrons. The van der Waals surface area contributed by atoms with Gasteiger partial charge in [0.15, 0.2) is 0 Å². The molecule has 3 heteroatoms. The van der Waals surface area contributed by atoms with Crippen molar-refractivity contribution >= 4 is 11.6 Å². The fourth-order valence-electron chi connectivity index (χ4n) is 3.49. The van der Waals surface area contributed by atoms with Gasteiger partial charge in [-0.3, -0.25) is 9.59 Å². The predicted octanol–water partition coefficient (Wildman–Crippen LogP) is 3.71. The van der Waals surface area contributed by atoms with Crippen LogP contribution >= 0.6 is 0 Å². The summed E-state index contributed by atoms with van der Waals surface area (Å²) in [5.74, 6) is 0.696. The van der Waals surface area contributed by atoms with Gasteiger partial charge in [0.1, 0.15) is 11.6 Å². The molecule has 0 radical (unpaired) electrons. The van der Waals surface area contributed by atoms with Gasteiger partial charge in [0.25, 0.3) is 0 Å². The molecule has 1 aliphatic rings. The summed E-state index contributed by atoms with van der Waals surface area (Å²) < 4.78 is 0.